The van der Waals surface area contributed by atoms with Crippen molar-refractivity contribution in [1.82, 2.24) is 14.9 Å². The van der Waals surface area contributed by atoms with E-state index in [1.165, 1.54) is 17.0 Å². The van der Waals surface area contributed by atoms with Gasteiger partial charge in [0.2, 0.25) is 5.95 Å². The minimum absolute atomic E-state index is 0.0897. The van der Waals surface area contributed by atoms with Gasteiger partial charge in [0.1, 0.15) is 11.7 Å². The summed E-state index contributed by atoms with van der Waals surface area (Å²) in [5.41, 5.74) is -0.290. The predicted molar refractivity (Wildman–Crippen MR) is 140 cm³/mol. The summed E-state index contributed by atoms with van der Waals surface area (Å²) < 4.78 is 85.8. The van der Waals surface area contributed by atoms with Gasteiger partial charge >= 0.3 is 12.4 Å². The quantitative estimate of drug-likeness (QED) is 0.202. The van der Waals surface area contributed by atoms with Crippen LogP contribution in [0.2, 0.25) is 0 Å². The number of morpholine rings is 1. The summed E-state index contributed by atoms with van der Waals surface area (Å²) in [5.74, 6) is 0.0836. The minimum Gasteiger partial charge on any atom is -0.372 e. The Bertz CT molecular complexity index is 1260. The number of amidine groups is 1. The minimum atomic E-state index is -4.73. The summed E-state index contributed by atoms with van der Waals surface area (Å²) in [4.78, 5) is 12.8. The molecule has 40 heavy (non-hydrogen) atoms. The Morgan fingerprint density at radius 2 is 1.65 bits per heavy atom. The van der Waals surface area contributed by atoms with Gasteiger partial charge in [-0.1, -0.05) is 12.7 Å². The van der Waals surface area contributed by atoms with Crippen LogP contribution >= 0.6 is 0 Å². The molecule has 7 nitrogen and oxygen atoms in total. The number of anilines is 3. The van der Waals surface area contributed by atoms with Crippen molar-refractivity contribution in [2.45, 2.75) is 51.2 Å². The third kappa shape index (κ3) is 6.75. The van der Waals surface area contributed by atoms with Crippen LogP contribution < -0.4 is 10.2 Å². The molecule has 4 rings (SSSR count). The van der Waals surface area contributed by atoms with Crippen molar-refractivity contribution in [3.05, 3.63) is 65.4 Å². The summed E-state index contributed by atoms with van der Waals surface area (Å²) in [7, 11) is 0. The molecule has 216 valence electrons. The fraction of sp³-hybridized carbons (Fsp3) is 0.444. The van der Waals surface area contributed by atoms with Gasteiger partial charge in [-0.15, -0.1) is 0 Å². The van der Waals surface area contributed by atoms with E-state index in [2.05, 4.69) is 11.9 Å². The molecular weight excluding hydrogens is 538 g/mol. The molecule has 0 radical (unpaired) electrons. The first-order valence-electron chi connectivity index (χ1n) is 12.7. The Morgan fingerprint density at radius 1 is 1.02 bits per heavy atom. The molecule has 3 heterocycles. The number of halogens is 6. The second kappa shape index (κ2) is 11.5. The van der Waals surface area contributed by atoms with E-state index in [0.717, 1.165) is 24.3 Å². The molecule has 1 fully saturated rings. The average molecular weight is 569 g/mol. The Balaban J connectivity index is 1.68. The molecule has 1 aromatic carbocycles. The van der Waals surface area contributed by atoms with E-state index in [-0.39, 0.29) is 38.1 Å². The molecule has 2 N–H and O–H groups in total. The van der Waals surface area contributed by atoms with Gasteiger partial charge in [-0.3, -0.25) is 5.41 Å². The smallest absolute Gasteiger partial charge is 0.372 e. The average Bonchev–Trinajstić information content (AvgIpc) is 3.08. The van der Waals surface area contributed by atoms with Crippen LogP contribution in [0, 0.1) is 5.41 Å². The van der Waals surface area contributed by atoms with Crippen LogP contribution in [-0.4, -0.2) is 65.3 Å². The number of hydrogen-bond acceptors (Lipinski definition) is 6. The molecule has 2 aliphatic rings. The fourth-order valence-electron chi connectivity index (χ4n) is 4.87. The van der Waals surface area contributed by atoms with E-state index in [4.69, 9.17) is 20.1 Å². The maximum absolute atomic E-state index is 13.6. The van der Waals surface area contributed by atoms with Gasteiger partial charge in [-0.2, -0.15) is 31.3 Å². The van der Waals surface area contributed by atoms with Crippen molar-refractivity contribution in [2.75, 3.05) is 36.4 Å². The number of hydrogen-bond donors (Lipinski definition) is 2. The molecule has 1 saturated heterocycles. The molecule has 2 atom stereocenters. The van der Waals surface area contributed by atoms with E-state index in [9.17, 15) is 26.3 Å². The number of alkyl halides is 6. The SMILES string of the molecule is C=C/C=C(\C(=N)N1CCc2nc(N3CC(C)OC(C)C3)nc(Nc3ccc(C(F)(F)F)cc3)c2CC1)C(F)(F)F. The van der Waals surface area contributed by atoms with E-state index in [1.807, 2.05) is 18.7 Å². The van der Waals surface area contributed by atoms with Crippen molar-refractivity contribution in [1.29, 1.82) is 5.41 Å². The number of aromatic nitrogens is 2. The zero-order valence-corrected chi connectivity index (χ0v) is 22.0. The van der Waals surface area contributed by atoms with E-state index >= 15 is 0 Å². The normalized spacial score (nSPS) is 20.6. The molecule has 0 spiro atoms. The number of rotatable bonds is 5. The lowest BCUT2D eigenvalue weighted by Gasteiger charge is -2.35. The fourth-order valence-corrected chi connectivity index (χ4v) is 4.87. The molecule has 1 aromatic heterocycles. The molecule has 13 heteroatoms. The summed E-state index contributed by atoms with van der Waals surface area (Å²) in [5, 5.41) is 11.4. The standard InChI is InChI=1S/C27H30F6N6O/c1-4-5-21(27(31,32)33)23(34)38-12-10-20-22(11-13-38)36-25(39-14-16(2)40-17(3)15-39)37-24(20)35-19-8-6-18(7-9-19)26(28,29)30/h4-9,16-17,34H,1,10-15H2,2-3H3,(H,35,36,37)/b21-5+,34-23?. The Hall–Kier alpha value is -3.61. The van der Waals surface area contributed by atoms with Crippen molar-refractivity contribution < 1.29 is 31.1 Å². The third-order valence-corrected chi connectivity index (χ3v) is 6.67. The van der Waals surface area contributed by atoms with Crippen LogP contribution in [0.4, 0.5) is 43.8 Å². The topological polar surface area (TPSA) is 77.4 Å². The highest BCUT2D eigenvalue weighted by molar-refractivity contribution is 5.97. The lowest BCUT2D eigenvalue weighted by molar-refractivity contribution is -0.137. The second-order valence-corrected chi connectivity index (χ2v) is 9.81. The van der Waals surface area contributed by atoms with E-state index in [0.29, 0.717) is 41.8 Å². The summed E-state index contributed by atoms with van der Waals surface area (Å²) in [6, 6.07) is 4.51. The van der Waals surface area contributed by atoms with Crippen LogP contribution in [0.5, 0.6) is 0 Å². The van der Waals surface area contributed by atoms with Crippen molar-refractivity contribution in [3.8, 4) is 0 Å². The first-order valence-corrected chi connectivity index (χ1v) is 12.7. The van der Waals surface area contributed by atoms with Gasteiger partial charge in [-0.25, -0.2) is 4.98 Å². The lowest BCUT2D eigenvalue weighted by atomic mass is 10.1. The Morgan fingerprint density at radius 3 is 2.23 bits per heavy atom. The first kappa shape index (κ1) is 29.4. The molecule has 0 bridgehead atoms. The molecule has 0 saturated carbocycles. The Kier molecular flexibility index (Phi) is 8.43. The lowest BCUT2D eigenvalue weighted by Crippen LogP contribution is -2.46. The number of nitrogens with zero attached hydrogens (tertiary/aromatic N) is 4. The highest BCUT2D eigenvalue weighted by Gasteiger charge is 2.38. The van der Waals surface area contributed by atoms with Gasteiger partial charge in [0.15, 0.2) is 0 Å². The number of fused-ring (bicyclic) bond motifs is 1. The van der Waals surface area contributed by atoms with Crippen LogP contribution in [0.3, 0.4) is 0 Å². The highest BCUT2D eigenvalue weighted by atomic mass is 19.4. The largest absolute Gasteiger partial charge is 0.419 e. The highest BCUT2D eigenvalue weighted by Crippen LogP contribution is 2.33. The van der Waals surface area contributed by atoms with E-state index in [1.54, 1.807) is 0 Å². The Labute approximate surface area is 228 Å². The number of benzene rings is 1. The molecule has 0 aliphatic carbocycles. The number of ether oxygens (including phenoxy) is 1. The summed E-state index contributed by atoms with van der Waals surface area (Å²) in [6.45, 7) is 8.41. The molecule has 2 unspecified atom stereocenters. The van der Waals surface area contributed by atoms with Gasteiger partial charge in [-0.05, 0) is 50.6 Å². The molecular formula is C27H30F6N6O. The van der Waals surface area contributed by atoms with Gasteiger partial charge in [0.05, 0.1) is 29.0 Å². The number of allylic oxidation sites excluding steroid dienone is 2. The maximum atomic E-state index is 13.6. The predicted octanol–water partition coefficient (Wildman–Crippen LogP) is 5.91. The molecule has 0 amide bonds. The monoisotopic (exact) mass is 568 g/mol. The van der Waals surface area contributed by atoms with Gasteiger partial charge in [0.25, 0.3) is 0 Å². The van der Waals surface area contributed by atoms with Crippen LogP contribution in [0.1, 0.15) is 30.7 Å². The third-order valence-electron chi connectivity index (χ3n) is 6.67. The van der Waals surface area contributed by atoms with Crippen molar-refractivity contribution in [2.24, 2.45) is 0 Å². The van der Waals surface area contributed by atoms with Crippen molar-refractivity contribution >= 4 is 23.3 Å². The van der Waals surface area contributed by atoms with Gasteiger partial charge in [0, 0.05) is 43.9 Å². The van der Waals surface area contributed by atoms with E-state index < -0.39 is 29.3 Å². The molecule has 2 aliphatic heterocycles. The first-order chi connectivity index (χ1) is 18.8. The summed E-state index contributed by atoms with van der Waals surface area (Å²) in [6.07, 6.45) is -7.16. The number of nitrogens with one attached hydrogen (secondary N) is 2. The molecule has 2 aromatic rings. The van der Waals surface area contributed by atoms with Crippen LogP contribution in [0.25, 0.3) is 0 Å². The van der Waals surface area contributed by atoms with Crippen LogP contribution in [0.15, 0.2) is 48.6 Å². The van der Waals surface area contributed by atoms with Crippen LogP contribution in [-0.2, 0) is 23.8 Å². The second-order valence-electron chi connectivity index (χ2n) is 9.81. The van der Waals surface area contributed by atoms with Crippen molar-refractivity contribution in [3.63, 3.8) is 0 Å². The maximum Gasteiger partial charge on any atom is 0.419 e. The summed E-state index contributed by atoms with van der Waals surface area (Å²) >= 11 is 0. The zero-order chi connectivity index (χ0) is 29.2. The zero-order valence-electron chi connectivity index (χ0n) is 22.0. The van der Waals surface area contributed by atoms with Gasteiger partial charge < -0.3 is 19.9 Å².